The Morgan fingerprint density at radius 3 is 2.63 bits per heavy atom. The summed E-state index contributed by atoms with van der Waals surface area (Å²) in [7, 11) is 0. The molecule has 0 N–H and O–H groups in total. The zero-order valence-corrected chi connectivity index (χ0v) is 16.8. The van der Waals surface area contributed by atoms with Gasteiger partial charge >= 0.3 is 0 Å². The number of nitro benzene ring substituents is 1. The number of carbonyl (C=O) groups excluding carboxylic acids is 1. The van der Waals surface area contributed by atoms with E-state index in [2.05, 4.69) is 10.1 Å². The van der Waals surface area contributed by atoms with Crippen LogP contribution in [0.2, 0.25) is 0 Å². The number of rotatable bonds is 4. The van der Waals surface area contributed by atoms with E-state index in [0.717, 1.165) is 19.3 Å². The summed E-state index contributed by atoms with van der Waals surface area (Å²) >= 11 is 0. The SMILES string of the molecule is CC1CCCC(C)N1C(=O)Cn1cnc2c(cnn2-c2ccccc2[N+](=O)[O-])c1=O. The van der Waals surface area contributed by atoms with Crippen LogP contribution in [0.15, 0.2) is 41.6 Å². The lowest BCUT2D eigenvalue weighted by molar-refractivity contribution is -0.384. The molecule has 2 aromatic heterocycles. The minimum atomic E-state index is -0.510. The number of hydrogen-bond acceptors (Lipinski definition) is 6. The molecule has 0 radical (unpaired) electrons. The molecular formula is C20H22N6O4. The molecule has 1 amide bonds. The predicted molar refractivity (Wildman–Crippen MR) is 109 cm³/mol. The molecule has 10 heteroatoms. The van der Waals surface area contributed by atoms with Crippen molar-refractivity contribution in [1.29, 1.82) is 0 Å². The fourth-order valence-corrected chi connectivity index (χ4v) is 4.18. The topological polar surface area (TPSA) is 116 Å². The molecule has 0 saturated carbocycles. The Labute approximate surface area is 171 Å². The fraction of sp³-hybridized carbons (Fsp3) is 0.400. The number of para-hydroxylation sites is 2. The van der Waals surface area contributed by atoms with Crippen LogP contribution in [0.4, 0.5) is 5.69 Å². The molecule has 2 unspecified atom stereocenters. The van der Waals surface area contributed by atoms with Gasteiger partial charge in [0, 0.05) is 18.2 Å². The van der Waals surface area contributed by atoms with Crippen LogP contribution in [-0.4, -0.2) is 47.1 Å². The largest absolute Gasteiger partial charge is 0.336 e. The van der Waals surface area contributed by atoms with E-state index in [-0.39, 0.29) is 46.9 Å². The molecule has 1 fully saturated rings. The molecule has 2 atom stereocenters. The van der Waals surface area contributed by atoms with Gasteiger partial charge in [0.05, 0.1) is 11.1 Å². The maximum absolute atomic E-state index is 12.9. The molecule has 1 aliphatic heterocycles. The predicted octanol–water partition coefficient (Wildman–Crippen LogP) is 2.28. The standard InChI is InChI=1S/C20H22N6O4/c1-13-6-5-7-14(2)24(13)18(27)11-23-12-21-19-15(20(23)28)10-22-25(19)16-8-3-4-9-17(16)26(29)30/h3-4,8-10,12-14H,5-7,11H2,1-2H3. The smallest absolute Gasteiger partial charge is 0.294 e. The highest BCUT2D eigenvalue weighted by atomic mass is 16.6. The Hall–Kier alpha value is -3.56. The molecule has 0 aliphatic carbocycles. The number of carbonyl (C=O) groups is 1. The van der Waals surface area contributed by atoms with Gasteiger partial charge in [-0.25, -0.2) is 9.67 Å². The average molecular weight is 410 g/mol. The third-order valence-corrected chi connectivity index (χ3v) is 5.65. The highest BCUT2D eigenvalue weighted by Gasteiger charge is 2.29. The van der Waals surface area contributed by atoms with Crippen molar-refractivity contribution in [2.24, 2.45) is 0 Å². The van der Waals surface area contributed by atoms with Crippen molar-refractivity contribution in [2.75, 3.05) is 0 Å². The first kappa shape index (κ1) is 19.7. The number of hydrogen-bond donors (Lipinski definition) is 0. The maximum Gasteiger partial charge on any atom is 0.294 e. The van der Waals surface area contributed by atoms with Gasteiger partial charge in [-0.3, -0.25) is 24.3 Å². The zero-order valence-electron chi connectivity index (χ0n) is 16.8. The van der Waals surface area contributed by atoms with Gasteiger partial charge in [-0.15, -0.1) is 0 Å². The number of nitrogens with zero attached hydrogens (tertiary/aromatic N) is 6. The van der Waals surface area contributed by atoms with Gasteiger partial charge in [0.15, 0.2) is 5.65 Å². The number of nitro groups is 1. The normalized spacial score (nSPS) is 19.2. The lowest BCUT2D eigenvalue weighted by atomic mass is 9.97. The average Bonchev–Trinajstić information content (AvgIpc) is 3.14. The van der Waals surface area contributed by atoms with Crippen molar-refractivity contribution in [2.45, 2.75) is 51.7 Å². The van der Waals surface area contributed by atoms with Crippen molar-refractivity contribution in [3.63, 3.8) is 0 Å². The first-order chi connectivity index (χ1) is 14.4. The van der Waals surface area contributed by atoms with Crippen LogP contribution in [0.1, 0.15) is 33.1 Å². The molecule has 3 heterocycles. The van der Waals surface area contributed by atoms with E-state index in [1.54, 1.807) is 18.2 Å². The summed E-state index contributed by atoms with van der Waals surface area (Å²) in [5.74, 6) is -0.121. The highest BCUT2D eigenvalue weighted by Crippen LogP contribution is 2.24. The summed E-state index contributed by atoms with van der Waals surface area (Å²) in [4.78, 5) is 42.8. The molecule has 10 nitrogen and oxygen atoms in total. The van der Waals surface area contributed by atoms with Crippen molar-refractivity contribution in [1.82, 2.24) is 24.2 Å². The molecule has 0 bridgehead atoms. The third kappa shape index (κ3) is 3.34. The lowest BCUT2D eigenvalue weighted by Gasteiger charge is -2.39. The zero-order chi connectivity index (χ0) is 21.4. The Morgan fingerprint density at radius 1 is 1.23 bits per heavy atom. The van der Waals surface area contributed by atoms with E-state index in [0.29, 0.717) is 0 Å². The van der Waals surface area contributed by atoms with Gasteiger partial charge in [-0.05, 0) is 39.2 Å². The fourth-order valence-electron chi connectivity index (χ4n) is 4.18. The van der Waals surface area contributed by atoms with Crippen LogP contribution in [0, 0.1) is 10.1 Å². The minimum absolute atomic E-state index is 0.104. The van der Waals surface area contributed by atoms with E-state index in [1.807, 2.05) is 18.7 Å². The second-order valence-corrected chi connectivity index (χ2v) is 7.65. The monoisotopic (exact) mass is 410 g/mol. The summed E-state index contributed by atoms with van der Waals surface area (Å²) < 4.78 is 2.54. The molecule has 0 spiro atoms. The third-order valence-electron chi connectivity index (χ3n) is 5.65. The first-order valence-electron chi connectivity index (χ1n) is 9.86. The summed E-state index contributed by atoms with van der Waals surface area (Å²) in [5, 5.41) is 15.7. The van der Waals surface area contributed by atoms with Gasteiger partial charge in [0.25, 0.3) is 11.2 Å². The van der Waals surface area contributed by atoms with Crippen LogP contribution in [0.25, 0.3) is 16.7 Å². The Morgan fingerprint density at radius 2 is 1.93 bits per heavy atom. The van der Waals surface area contributed by atoms with E-state index >= 15 is 0 Å². The summed E-state index contributed by atoms with van der Waals surface area (Å²) in [5.41, 5.74) is -0.126. The molecular weight excluding hydrogens is 388 g/mol. The van der Waals surface area contributed by atoms with Gasteiger partial charge in [0.2, 0.25) is 5.91 Å². The number of piperidine rings is 1. The maximum atomic E-state index is 12.9. The van der Waals surface area contributed by atoms with Gasteiger partial charge in [0.1, 0.15) is 23.9 Å². The van der Waals surface area contributed by atoms with E-state index < -0.39 is 10.5 Å². The van der Waals surface area contributed by atoms with Crippen molar-refractivity contribution in [3.05, 3.63) is 57.3 Å². The number of amides is 1. The van der Waals surface area contributed by atoms with E-state index in [9.17, 15) is 19.7 Å². The molecule has 156 valence electrons. The Balaban J connectivity index is 1.69. The van der Waals surface area contributed by atoms with Crippen LogP contribution >= 0.6 is 0 Å². The number of fused-ring (bicyclic) bond motifs is 1. The summed E-state index contributed by atoms with van der Waals surface area (Å²) in [6.07, 6.45) is 5.61. The molecule has 3 aromatic rings. The molecule has 1 aliphatic rings. The summed E-state index contributed by atoms with van der Waals surface area (Å²) in [6, 6.07) is 6.38. The molecule has 4 rings (SSSR count). The van der Waals surface area contributed by atoms with Crippen LogP contribution in [0.3, 0.4) is 0 Å². The second-order valence-electron chi connectivity index (χ2n) is 7.65. The first-order valence-corrected chi connectivity index (χ1v) is 9.86. The van der Waals surface area contributed by atoms with E-state index in [1.165, 1.54) is 27.8 Å². The van der Waals surface area contributed by atoms with Gasteiger partial charge in [-0.1, -0.05) is 12.1 Å². The Kier molecular flexibility index (Phi) is 5.06. The van der Waals surface area contributed by atoms with Crippen molar-refractivity contribution >= 4 is 22.6 Å². The van der Waals surface area contributed by atoms with Crippen molar-refractivity contribution in [3.8, 4) is 5.69 Å². The van der Waals surface area contributed by atoms with Crippen LogP contribution in [0.5, 0.6) is 0 Å². The second kappa shape index (κ2) is 7.69. The number of aromatic nitrogens is 4. The van der Waals surface area contributed by atoms with Crippen LogP contribution in [-0.2, 0) is 11.3 Å². The quantitative estimate of drug-likeness (QED) is 0.481. The van der Waals surface area contributed by atoms with Crippen LogP contribution < -0.4 is 5.56 Å². The van der Waals surface area contributed by atoms with Gasteiger partial charge < -0.3 is 4.90 Å². The molecule has 1 aromatic carbocycles. The number of benzene rings is 1. The molecule has 1 saturated heterocycles. The van der Waals surface area contributed by atoms with E-state index in [4.69, 9.17) is 0 Å². The van der Waals surface area contributed by atoms with Crippen molar-refractivity contribution < 1.29 is 9.72 Å². The summed E-state index contributed by atoms with van der Waals surface area (Å²) in [6.45, 7) is 3.94. The van der Waals surface area contributed by atoms with Gasteiger partial charge in [-0.2, -0.15) is 5.10 Å². The Bertz CT molecular complexity index is 1170. The minimum Gasteiger partial charge on any atom is -0.336 e. The highest BCUT2D eigenvalue weighted by molar-refractivity contribution is 5.79. The molecule has 30 heavy (non-hydrogen) atoms. The lowest BCUT2D eigenvalue weighted by Crippen LogP contribution is -2.49. The number of likely N-dealkylation sites (tertiary alicyclic amines) is 1.